The van der Waals surface area contributed by atoms with Gasteiger partial charge in [-0.1, -0.05) is 35.5 Å². The number of ether oxygens (including phenoxy) is 3. The van der Waals surface area contributed by atoms with Crippen molar-refractivity contribution in [3.63, 3.8) is 0 Å². The Morgan fingerprint density at radius 1 is 1.10 bits per heavy atom. The van der Waals surface area contributed by atoms with Gasteiger partial charge in [0.1, 0.15) is 29.3 Å². The van der Waals surface area contributed by atoms with Crippen LogP contribution >= 0.6 is 11.3 Å². The molecule has 1 fully saturated rings. The maximum Gasteiger partial charge on any atom is 0.238 e. The topological polar surface area (TPSA) is 159 Å². The third-order valence-electron chi connectivity index (χ3n) is 6.60. The van der Waals surface area contributed by atoms with Crippen LogP contribution in [-0.4, -0.2) is 49.8 Å². The average Bonchev–Trinajstić information content (AvgIpc) is 3.64. The minimum absolute atomic E-state index is 0.000874. The molecule has 0 bridgehead atoms. The molecule has 0 aliphatic carbocycles. The van der Waals surface area contributed by atoms with Gasteiger partial charge in [-0.3, -0.25) is 0 Å². The van der Waals surface area contributed by atoms with Crippen LogP contribution < -0.4 is 5.14 Å². The van der Waals surface area contributed by atoms with Gasteiger partial charge in [0, 0.05) is 49.7 Å². The smallest absolute Gasteiger partial charge is 0.238 e. The number of nitrogens with zero attached hydrogens (tertiary/aromatic N) is 3. The number of hydrogen-bond donors (Lipinski definition) is 2. The lowest BCUT2D eigenvalue weighted by molar-refractivity contribution is -0.0949. The molecule has 1 saturated heterocycles. The molecule has 0 spiro atoms. The van der Waals surface area contributed by atoms with Crippen molar-refractivity contribution >= 4 is 27.3 Å². The fourth-order valence-electron chi connectivity index (χ4n) is 4.41. The van der Waals surface area contributed by atoms with Crippen LogP contribution in [0.25, 0.3) is 22.6 Å². The van der Waals surface area contributed by atoms with Crippen LogP contribution in [0.2, 0.25) is 0 Å². The van der Waals surface area contributed by atoms with Crippen LogP contribution in [0, 0.1) is 0 Å². The van der Waals surface area contributed by atoms with E-state index in [0.717, 1.165) is 23.4 Å². The number of oxime groups is 1. The Kier molecular flexibility index (Phi) is 8.28. The molecule has 0 amide bonds. The van der Waals surface area contributed by atoms with Crippen molar-refractivity contribution in [3.8, 4) is 22.6 Å². The van der Waals surface area contributed by atoms with E-state index in [4.69, 9.17) is 28.8 Å². The molecule has 40 heavy (non-hydrogen) atoms. The fourth-order valence-corrected chi connectivity index (χ4v) is 5.97. The number of primary sulfonamides is 1. The SMILES string of the molecule is COC1(c2nc(CO/C(Cc3nc(-c4ccccc4)c(-c4ccc(S(N)(=O)=O)cc4)o3)=N/O)cs2)CCOCC1. The van der Waals surface area contributed by atoms with Crippen molar-refractivity contribution in [2.24, 2.45) is 10.3 Å². The Labute approximate surface area is 235 Å². The highest BCUT2D eigenvalue weighted by atomic mass is 32.2. The molecule has 4 aromatic rings. The first-order chi connectivity index (χ1) is 19.3. The standard InChI is InChI=1S/C27H28N4O7S2/c1-35-27(11-13-36-14-12-27)26-29-20(17-39-26)16-37-23(31-32)15-22-30-24(18-5-3-2-4-6-18)25(38-22)19-7-9-21(10-8-19)40(28,33)34/h2-10,17,32H,11-16H2,1H3,(H2,28,33,34)/b31-23+. The summed E-state index contributed by atoms with van der Waals surface area (Å²) in [6.45, 7) is 1.31. The van der Waals surface area contributed by atoms with E-state index in [1.165, 1.54) is 23.5 Å². The van der Waals surface area contributed by atoms with E-state index < -0.39 is 15.6 Å². The minimum atomic E-state index is -3.84. The van der Waals surface area contributed by atoms with E-state index in [1.54, 1.807) is 19.2 Å². The van der Waals surface area contributed by atoms with Crippen LogP contribution in [0.5, 0.6) is 0 Å². The second-order valence-corrected chi connectivity index (χ2v) is 11.6. The number of thiazole rings is 1. The van der Waals surface area contributed by atoms with Gasteiger partial charge in [0.25, 0.3) is 0 Å². The number of aromatic nitrogens is 2. The van der Waals surface area contributed by atoms with Gasteiger partial charge in [-0.05, 0) is 24.3 Å². The lowest BCUT2D eigenvalue weighted by Crippen LogP contribution is -2.35. The predicted octanol–water partition coefficient (Wildman–Crippen LogP) is 4.31. The molecule has 2 aromatic carbocycles. The number of benzene rings is 2. The van der Waals surface area contributed by atoms with E-state index in [-0.39, 0.29) is 29.7 Å². The van der Waals surface area contributed by atoms with Gasteiger partial charge in [-0.15, -0.1) is 11.3 Å². The number of sulfonamides is 1. The zero-order chi connectivity index (χ0) is 28.2. The summed E-state index contributed by atoms with van der Waals surface area (Å²) < 4.78 is 46.5. The summed E-state index contributed by atoms with van der Waals surface area (Å²) >= 11 is 1.50. The van der Waals surface area contributed by atoms with Crippen molar-refractivity contribution < 1.29 is 32.3 Å². The van der Waals surface area contributed by atoms with Crippen LogP contribution in [-0.2, 0) is 42.9 Å². The maximum absolute atomic E-state index is 11.7. The molecule has 0 atom stereocenters. The molecule has 0 unspecified atom stereocenters. The highest BCUT2D eigenvalue weighted by molar-refractivity contribution is 7.89. The number of oxazole rings is 1. The van der Waals surface area contributed by atoms with E-state index in [1.807, 2.05) is 35.7 Å². The maximum atomic E-state index is 11.7. The summed E-state index contributed by atoms with van der Waals surface area (Å²) in [7, 11) is -2.16. The van der Waals surface area contributed by atoms with Gasteiger partial charge in [0.15, 0.2) is 5.76 Å². The molecule has 1 aliphatic heterocycles. The third kappa shape index (κ3) is 6.08. The quantitative estimate of drug-likeness (QED) is 0.126. The monoisotopic (exact) mass is 584 g/mol. The number of methoxy groups -OCH3 is 1. The summed E-state index contributed by atoms with van der Waals surface area (Å²) in [6, 6.07) is 15.4. The molecule has 0 saturated carbocycles. The van der Waals surface area contributed by atoms with Crippen molar-refractivity contribution in [1.29, 1.82) is 0 Å². The molecule has 2 aromatic heterocycles. The van der Waals surface area contributed by atoms with Crippen molar-refractivity contribution in [2.75, 3.05) is 20.3 Å². The Balaban J connectivity index is 1.34. The molecule has 1 aliphatic rings. The second-order valence-electron chi connectivity index (χ2n) is 9.13. The van der Waals surface area contributed by atoms with Crippen molar-refractivity contribution in [2.45, 2.75) is 36.4 Å². The highest BCUT2D eigenvalue weighted by Crippen LogP contribution is 2.37. The number of nitrogens with two attached hydrogens (primary N) is 1. The van der Waals surface area contributed by atoms with Crippen LogP contribution in [0.4, 0.5) is 0 Å². The van der Waals surface area contributed by atoms with Gasteiger partial charge < -0.3 is 23.8 Å². The van der Waals surface area contributed by atoms with Crippen molar-refractivity contribution in [3.05, 3.63) is 76.6 Å². The van der Waals surface area contributed by atoms with E-state index in [0.29, 0.717) is 35.9 Å². The highest BCUT2D eigenvalue weighted by Gasteiger charge is 2.37. The fraction of sp³-hybridized carbons (Fsp3) is 0.296. The van der Waals surface area contributed by atoms with Gasteiger partial charge in [0.05, 0.1) is 10.6 Å². The number of hydrogen-bond acceptors (Lipinski definition) is 11. The summed E-state index contributed by atoms with van der Waals surface area (Å²) in [4.78, 5) is 9.32. The van der Waals surface area contributed by atoms with Crippen molar-refractivity contribution in [1.82, 2.24) is 9.97 Å². The van der Waals surface area contributed by atoms with Crippen LogP contribution in [0.1, 0.15) is 29.4 Å². The molecular formula is C27H28N4O7S2. The molecule has 3 heterocycles. The molecule has 11 nitrogen and oxygen atoms in total. The molecule has 13 heteroatoms. The number of rotatable bonds is 9. The Morgan fingerprint density at radius 3 is 2.48 bits per heavy atom. The lowest BCUT2D eigenvalue weighted by Gasteiger charge is -2.33. The largest absolute Gasteiger partial charge is 0.472 e. The average molecular weight is 585 g/mol. The van der Waals surface area contributed by atoms with Crippen LogP contribution in [0.15, 0.2) is 74.4 Å². The zero-order valence-electron chi connectivity index (χ0n) is 21.6. The first-order valence-electron chi connectivity index (χ1n) is 12.4. The van der Waals surface area contributed by atoms with E-state index in [2.05, 4.69) is 10.1 Å². The van der Waals surface area contributed by atoms with Gasteiger partial charge >= 0.3 is 0 Å². The van der Waals surface area contributed by atoms with E-state index >= 15 is 0 Å². The first-order valence-corrected chi connectivity index (χ1v) is 14.8. The third-order valence-corrected chi connectivity index (χ3v) is 8.60. The predicted molar refractivity (Wildman–Crippen MR) is 147 cm³/mol. The molecule has 3 N–H and O–H groups in total. The Hall–Kier alpha value is -3.62. The summed E-state index contributed by atoms with van der Waals surface area (Å²) in [5.41, 5.74) is 2.15. The van der Waals surface area contributed by atoms with Crippen LogP contribution in [0.3, 0.4) is 0 Å². The second kappa shape index (κ2) is 11.9. The Morgan fingerprint density at radius 2 is 1.82 bits per heavy atom. The normalized spacial score (nSPS) is 15.7. The van der Waals surface area contributed by atoms with E-state index in [9.17, 15) is 13.6 Å². The van der Waals surface area contributed by atoms with Gasteiger partial charge in [0.2, 0.25) is 21.8 Å². The lowest BCUT2D eigenvalue weighted by atomic mass is 9.95. The summed E-state index contributed by atoms with van der Waals surface area (Å²) in [5, 5.41) is 20.9. The first kappa shape index (κ1) is 27.9. The zero-order valence-corrected chi connectivity index (χ0v) is 23.3. The molecule has 0 radical (unpaired) electrons. The Bertz CT molecular complexity index is 1580. The summed E-state index contributed by atoms with van der Waals surface area (Å²) in [5.74, 6) is 0.667. The molecule has 5 rings (SSSR count). The molecular weight excluding hydrogens is 556 g/mol. The van der Waals surface area contributed by atoms with Gasteiger partial charge in [-0.25, -0.2) is 23.5 Å². The van der Waals surface area contributed by atoms with Gasteiger partial charge in [-0.2, -0.15) is 0 Å². The minimum Gasteiger partial charge on any atom is -0.472 e. The summed E-state index contributed by atoms with van der Waals surface area (Å²) in [6.07, 6.45) is 1.42. The molecule has 210 valence electrons.